The third-order valence-corrected chi connectivity index (χ3v) is 0. The van der Waals surface area contributed by atoms with Gasteiger partial charge in [0, 0.05) is 0 Å². The van der Waals surface area contributed by atoms with Crippen molar-refractivity contribution in [1.29, 1.82) is 0 Å². The van der Waals surface area contributed by atoms with Crippen LogP contribution in [-0.4, -0.2) is 0 Å². The molecule has 0 saturated heterocycles. The molecule has 0 fully saturated rings. The molecule has 0 aromatic rings. The quantitative estimate of drug-likeness (QED) is 0.398. The first-order chi connectivity index (χ1) is 1.00. The van der Waals surface area contributed by atoms with Crippen LogP contribution in [0.5, 0.6) is 0 Å². The molecule has 0 aliphatic carbocycles. The van der Waals surface area contributed by atoms with E-state index in [2.05, 4.69) is 0 Å². The van der Waals surface area contributed by atoms with E-state index in [1.54, 1.807) is 0 Å². The van der Waals surface area contributed by atoms with Crippen LogP contribution in [0.3, 0.4) is 0 Å². The molecule has 10 heavy (non-hydrogen) atoms. The summed E-state index contributed by atoms with van der Waals surface area (Å²) >= 11 is 0. The van der Waals surface area contributed by atoms with Gasteiger partial charge in [0.25, 0.3) is 0 Å². The Morgan fingerprint density at radius 2 is 0.600 bits per heavy atom. The van der Waals surface area contributed by atoms with Gasteiger partial charge in [-0.05, 0) is 0 Å². The Labute approximate surface area is 91.7 Å². The molecular formula is H8Cl3N5ORu-5. The topological polar surface area (TPSA) is 173 Å². The minimum atomic E-state index is 0. The second-order valence-corrected chi connectivity index (χ2v) is 0. The van der Waals surface area contributed by atoms with Crippen LogP contribution in [0.2, 0.25) is 0 Å². The van der Waals surface area contributed by atoms with E-state index in [4.69, 9.17) is 10.5 Å². The van der Waals surface area contributed by atoms with Gasteiger partial charge in [0.1, 0.15) is 0 Å². The van der Waals surface area contributed by atoms with Gasteiger partial charge in [-0.25, -0.2) is 0 Å². The Bertz CT molecular complexity index is 16.9. The van der Waals surface area contributed by atoms with Crippen LogP contribution in [-0.2, 0) is 19.5 Å². The van der Waals surface area contributed by atoms with Gasteiger partial charge < -0.3 is 72.3 Å². The predicted molar refractivity (Wildman–Crippen MR) is 27.9 cm³/mol. The third-order valence-electron chi connectivity index (χ3n) is 0. The molecule has 0 spiro atoms. The Hall–Kier alpha value is 0.933. The first-order valence-corrected chi connectivity index (χ1v) is 0.183. The molecule has 0 atom stereocenters. The molecular weight excluding hydrogens is 293 g/mol. The molecule has 0 saturated carbocycles. The molecule has 0 amide bonds. The summed E-state index contributed by atoms with van der Waals surface area (Å²) in [5, 5.41) is 0. The number of halogens is 3. The van der Waals surface area contributed by atoms with E-state index in [-0.39, 0.29) is 81.3 Å². The first kappa shape index (κ1) is 289. The zero-order chi connectivity index (χ0) is 2.00. The number of nitroso groups, excluding NO2 is 1. The Balaban J connectivity index is -0.000000000179. The third kappa shape index (κ3) is 645. The van der Waals surface area contributed by atoms with Gasteiger partial charge in [0.15, 0.2) is 0 Å². The van der Waals surface area contributed by atoms with E-state index in [1.807, 2.05) is 0 Å². The van der Waals surface area contributed by atoms with Crippen LogP contribution in [0.25, 0.3) is 30.2 Å². The minimum absolute atomic E-state index is 0. The maximum Gasteiger partial charge on any atom is 3.00 e. The van der Waals surface area contributed by atoms with Crippen LogP contribution in [0.15, 0.2) is 0 Å². The standard InChI is InChI=1S/3ClH.NO.4H2N.Ru/c;;;1-2;;;;;/h3*1H;;4*1H2;/q;;;5*-1;+3/p-3. The van der Waals surface area contributed by atoms with Crippen molar-refractivity contribution >= 4 is 0 Å². The van der Waals surface area contributed by atoms with Crippen LogP contribution >= 0.6 is 0 Å². The van der Waals surface area contributed by atoms with Crippen molar-refractivity contribution in [1.82, 2.24) is 0 Å². The molecule has 1 radical (unpaired) electrons. The summed E-state index contributed by atoms with van der Waals surface area (Å²) in [6.07, 6.45) is 0. The number of nitrogens with zero attached hydrogens (tertiary/aromatic N) is 1. The number of hydrogen-bond donors (Lipinski definition) is 0. The van der Waals surface area contributed by atoms with E-state index >= 15 is 0 Å². The number of rotatable bonds is 0. The molecule has 8 N–H and O–H groups in total. The first-order valence-electron chi connectivity index (χ1n) is 0.183. The molecule has 73 valence electrons. The molecule has 0 aliphatic rings. The molecule has 0 heterocycles. The molecule has 6 nitrogen and oxygen atoms in total. The fourth-order valence-corrected chi connectivity index (χ4v) is 0. The molecule has 0 rings (SSSR count). The second-order valence-electron chi connectivity index (χ2n) is 0. The average Bonchev–Trinajstić information content (AvgIpc) is 1.00. The van der Waals surface area contributed by atoms with Crippen molar-refractivity contribution in [3.63, 3.8) is 0 Å². The Morgan fingerprint density at radius 1 is 0.600 bits per heavy atom. The zero-order valence-electron chi connectivity index (χ0n) is 4.65. The summed E-state index contributed by atoms with van der Waals surface area (Å²) in [7, 11) is 0. The normalized spacial score (nSPS) is 0.400. The van der Waals surface area contributed by atoms with Gasteiger partial charge in [0.2, 0.25) is 0 Å². The summed E-state index contributed by atoms with van der Waals surface area (Å²) in [5.41, 5.74) is 5.75. The van der Waals surface area contributed by atoms with E-state index in [0.29, 0.717) is 0 Å². The Kier molecular flexibility index (Phi) is 26300. The summed E-state index contributed by atoms with van der Waals surface area (Å²) in [5.74, 6) is 0. The van der Waals surface area contributed by atoms with E-state index < -0.39 is 0 Å². The fourth-order valence-electron chi connectivity index (χ4n) is 0. The van der Waals surface area contributed by atoms with Crippen molar-refractivity contribution in [3.8, 4) is 0 Å². The smallest absolute Gasteiger partial charge is 1.00 e. The fraction of sp³-hybridized carbons (Fsp3) is 0. The average molecular weight is 302 g/mol. The van der Waals surface area contributed by atoms with E-state index in [0.717, 1.165) is 0 Å². The maximum absolute atomic E-state index is 7.25. The van der Waals surface area contributed by atoms with E-state index in [9.17, 15) is 0 Å². The summed E-state index contributed by atoms with van der Waals surface area (Å²) < 4.78 is 0. The van der Waals surface area contributed by atoms with Gasteiger partial charge in [-0.1, -0.05) is 0 Å². The summed E-state index contributed by atoms with van der Waals surface area (Å²) in [6.45, 7) is 0. The monoisotopic (exact) mass is 301 g/mol. The van der Waals surface area contributed by atoms with Gasteiger partial charge in [-0.15, -0.1) is 0 Å². The molecule has 0 aromatic heterocycles. The second kappa shape index (κ2) is 910. The Morgan fingerprint density at radius 3 is 0.600 bits per heavy atom. The predicted octanol–water partition coefficient (Wildman–Crippen LogP) is -5.80. The summed E-state index contributed by atoms with van der Waals surface area (Å²) in [6, 6.07) is 0. The van der Waals surface area contributed by atoms with Crippen molar-refractivity contribution in [2.75, 3.05) is 0 Å². The minimum Gasteiger partial charge on any atom is -1.00 e. The van der Waals surface area contributed by atoms with E-state index in [1.165, 1.54) is 0 Å². The van der Waals surface area contributed by atoms with Crippen molar-refractivity contribution in [3.05, 3.63) is 35.1 Å². The van der Waals surface area contributed by atoms with Crippen LogP contribution in [0.4, 0.5) is 0 Å². The van der Waals surface area contributed by atoms with Crippen LogP contribution in [0.1, 0.15) is 0 Å². The largest absolute Gasteiger partial charge is 3.00 e. The van der Waals surface area contributed by atoms with Crippen LogP contribution < -0.4 is 37.2 Å². The van der Waals surface area contributed by atoms with Gasteiger partial charge >= 0.3 is 19.5 Å². The van der Waals surface area contributed by atoms with Gasteiger partial charge in [-0.2, -0.15) is 0 Å². The summed E-state index contributed by atoms with van der Waals surface area (Å²) in [4.78, 5) is 7.25. The molecule has 0 aliphatic heterocycles. The van der Waals surface area contributed by atoms with Crippen molar-refractivity contribution in [2.24, 2.45) is 0 Å². The molecule has 0 unspecified atom stereocenters. The SMILES string of the molecule is [Cl-].[Cl-].[Cl-].[N-]=O.[NH2-].[NH2-].[NH2-].[NH2-].[Ru+3]. The number of hydrogen-bond acceptors (Lipinski definition) is 1. The number of nitrogens with two attached hydrogens (primary N) is 4. The van der Waals surface area contributed by atoms with Crippen molar-refractivity contribution in [2.45, 2.75) is 0 Å². The van der Waals surface area contributed by atoms with Crippen LogP contribution in [0, 0.1) is 4.91 Å². The molecule has 10 heteroatoms. The van der Waals surface area contributed by atoms with Gasteiger partial charge in [0.05, 0.1) is 0 Å². The maximum atomic E-state index is 7.25. The van der Waals surface area contributed by atoms with Crippen molar-refractivity contribution < 1.29 is 56.7 Å². The zero-order valence-corrected chi connectivity index (χ0v) is 8.66. The molecule has 0 aromatic carbocycles. The van der Waals surface area contributed by atoms with Gasteiger partial charge in [-0.3, -0.25) is 0 Å². The molecule has 0 bridgehead atoms.